The Bertz CT molecular complexity index is 865. The van der Waals surface area contributed by atoms with Gasteiger partial charge < -0.3 is 9.88 Å². The molecule has 1 N–H and O–H groups in total. The lowest BCUT2D eigenvalue weighted by Gasteiger charge is -2.12. The Balaban J connectivity index is 2.05. The summed E-state index contributed by atoms with van der Waals surface area (Å²) in [6.07, 6.45) is 0. The Labute approximate surface area is 153 Å². The maximum atomic E-state index is 6.38. The fourth-order valence-corrected chi connectivity index (χ4v) is 3.52. The van der Waals surface area contributed by atoms with Crippen LogP contribution in [-0.2, 0) is 13.1 Å². The van der Waals surface area contributed by atoms with Crippen molar-refractivity contribution in [1.29, 1.82) is 0 Å². The molecular formula is C20H22Cl2N2. The first-order valence-corrected chi connectivity index (χ1v) is 8.97. The van der Waals surface area contributed by atoms with E-state index in [2.05, 4.69) is 54.9 Å². The molecular weight excluding hydrogens is 339 g/mol. The number of para-hydroxylation sites is 1. The van der Waals surface area contributed by atoms with Crippen molar-refractivity contribution >= 4 is 34.1 Å². The van der Waals surface area contributed by atoms with E-state index in [1.54, 1.807) is 6.07 Å². The first-order valence-electron chi connectivity index (χ1n) is 8.21. The Morgan fingerprint density at radius 1 is 1.08 bits per heavy atom. The van der Waals surface area contributed by atoms with Crippen LogP contribution in [0.2, 0.25) is 10.0 Å². The molecule has 0 aliphatic heterocycles. The summed E-state index contributed by atoms with van der Waals surface area (Å²) >= 11 is 12.4. The molecule has 0 saturated carbocycles. The van der Waals surface area contributed by atoms with E-state index >= 15 is 0 Å². The predicted molar refractivity (Wildman–Crippen MR) is 104 cm³/mol. The van der Waals surface area contributed by atoms with Crippen molar-refractivity contribution in [2.75, 3.05) is 0 Å². The number of fused-ring (bicyclic) bond motifs is 1. The predicted octanol–water partition coefficient (Wildman–Crippen LogP) is 5.80. The molecule has 2 nitrogen and oxygen atoms in total. The molecule has 4 heteroatoms. The van der Waals surface area contributed by atoms with Crippen LogP contribution in [0.25, 0.3) is 10.9 Å². The molecule has 0 amide bonds. The second kappa shape index (κ2) is 7.18. The largest absolute Gasteiger partial charge is 0.340 e. The van der Waals surface area contributed by atoms with Crippen molar-refractivity contribution in [3.63, 3.8) is 0 Å². The zero-order chi connectivity index (χ0) is 17.3. The first kappa shape index (κ1) is 17.3. The lowest BCUT2D eigenvalue weighted by Crippen LogP contribution is -2.22. The fourth-order valence-electron chi connectivity index (χ4n) is 3.06. The van der Waals surface area contributed by atoms with E-state index in [9.17, 15) is 0 Å². The van der Waals surface area contributed by atoms with E-state index in [0.29, 0.717) is 16.1 Å². The van der Waals surface area contributed by atoms with Gasteiger partial charge in [0, 0.05) is 45.8 Å². The third-order valence-electron chi connectivity index (χ3n) is 4.39. The molecule has 1 aromatic heterocycles. The number of hydrogen-bond donors (Lipinski definition) is 1. The maximum Gasteiger partial charge on any atom is 0.0493 e. The Hall–Kier alpha value is -1.48. The highest BCUT2D eigenvalue weighted by Gasteiger charge is 2.15. The topological polar surface area (TPSA) is 17.0 Å². The van der Waals surface area contributed by atoms with Crippen LogP contribution in [0.1, 0.15) is 30.7 Å². The highest BCUT2D eigenvalue weighted by molar-refractivity contribution is 6.35. The average molecular weight is 361 g/mol. The van der Waals surface area contributed by atoms with E-state index in [0.717, 1.165) is 18.7 Å². The summed E-state index contributed by atoms with van der Waals surface area (Å²) in [7, 11) is 0. The molecule has 0 saturated heterocycles. The van der Waals surface area contributed by atoms with E-state index in [4.69, 9.17) is 23.2 Å². The van der Waals surface area contributed by atoms with Crippen molar-refractivity contribution in [3.8, 4) is 0 Å². The Morgan fingerprint density at radius 2 is 1.83 bits per heavy atom. The fraction of sp³-hybridized carbons (Fsp3) is 0.300. The Morgan fingerprint density at radius 3 is 2.54 bits per heavy atom. The van der Waals surface area contributed by atoms with Crippen molar-refractivity contribution < 1.29 is 0 Å². The molecule has 0 radical (unpaired) electrons. The SMILES string of the molecule is Cc1c(CNC(C)C)c2ccccc2n1Cc1ccc(Cl)cc1Cl. The Kier molecular flexibility index (Phi) is 5.19. The molecule has 1 heterocycles. The number of nitrogens with one attached hydrogen (secondary N) is 1. The third-order valence-corrected chi connectivity index (χ3v) is 4.98. The monoisotopic (exact) mass is 360 g/mol. The van der Waals surface area contributed by atoms with Gasteiger partial charge in [0.1, 0.15) is 0 Å². The van der Waals surface area contributed by atoms with Gasteiger partial charge in [0.15, 0.2) is 0 Å². The molecule has 0 unspecified atom stereocenters. The van der Waals surface area contributed by atoms with Gasteiger partial charge in [-0.3, -0.25) is 0 Å². The number of nitrogens with zero attached hydrogens (tertiary/aromatic N) is 1. The summed E-state index contributed by atoms with van der Waals surface area (Å²) in [5.41, 5.74) is 4.94. The lowest BCUT2D eigenvalue weighted by molar-refractivity contribution is 0.587. The molecule has 126 valence electrons. The highest BCUT2D eigenvalue weighted by atomic mass is 35.5. The minimum Gasteiger partial charge on any atom is -0.340 e. The van der Waals surface area contributed by atoms with Crippen LogP contribution < -0.4 is 5.32 Å². The highest BCUT2D eigenvalue weighted by Crippen LogP contribution is 2.29. The van der Waals surface area contributed by atoms with Crippen LogP contribution in [0.15, 0.2) is 42.5 Å². The number of rotatable bonds is 5. The van der Waals surface area contributed by atoms with Gasteiger partial charge >= 0.3 is 0 Å². The van der Waals surface area contributed by atoms with Crippen LogP contribution in [0.5, 0.6) is 0 Å². The van der Waals surface area contributed by atoms with Crippen LogP contribution in [0, 0.1) is 6.92 Å². The molecule has 24 heavy (non-hydrogen) atoms. The average Bonchev–Trinajstić information content (AvgIpc) is 2.80. The summed E-state index contributed by atoms with van der Waals surface area (Å²) in [6.45, 7) is 8.13. The minimum atomic E-state index is 0.456. The number of hydrogen-bond acceptors (Lipinski definition) is 1. The summed E-state index contributed by atoms with van der Waals surface area (Å²) in [5, 5.41) is 6.21. The first-order chi connectivity index (χ1) is 11.5. The van der Waals surface area contributed by atoms with Crippen molar-refractivity contribution in [1.82, 2.24) is 9.88 Å². The van der Waals surface area contributed by atoms with Crippen LogP contribution in [-0.4, -0.2) is 10.6 Å². The second-order valence-corrected chi connectivity index (χ2v) is 7.28. The molecule has 0 atom stereocenters. The van der Waals surface area contributed by atoms with Gasteiger partial charge in [-0.1, -0.05) is 61.3 Å². The van der Waals surface area contributed by atoms with E-state index in [1.165, 1.54) is 22.2 Å². The van der Waals surface area contributed by atoms with Crippen LogP contribution in [0.3, 0.4) is 0 Å². The molecule has 0 aliphatic carbocycles. The zero-order valence-corrected chi connectivity index (χ0v) is 15.7. The number of halogens is 2. The van der Waals surface area contributed by atoms with Crippen molar-refractivity contribution in [3.05, 3.63) is 69.3 Å². The van der Waals surface area contributed by atoms with Gasteiger partial charge in [-0.2, -0.15) is 0 Å². The molecule has 0 spiro atoms. The van der Waals surface area contributed by atoms with E-state index in [-0.39, 0.29) is 0 Å². The van der Waals surface area contributed by atoms with Gasteiger partial charge in [0.25, 0.3) is 0 Å². The van der Waals surface area contributed by atoms with E-state index in [1.807, 2.05) is 12.1 Å². The minimum absolute atomic E-state index is 0.456. The zero-order valence-electron chi connectivity index (χ0n) is 14.2. The summed E-state index contributed by atoms with van der Waals surface area (Å²) < 4.78 is 2.34. The lowest BCUT2D eigenvalue weighted by atomic mass is 10.1. The smallest absolute Gasteiger partial charge is 0.0493 e. The molecule has 3 rings (SSSR count). The summed E-state index contributed by atoms with van der Waals surface area (Å²) in [5.74, 6) is 0. The van der Waals surface area contributed by atoms with Gasteiger partial charge in [0.2, 0.25) is 0 Å². The normalized spacial score (nSPS) is 11.6. The molecule has 0 fully saturated rings. The quantitative estimate of drug-likeness (QED) is 0.607. The van der Waals surface area contributed by atoms with Crippen LogP contribution >= 0.6 is 23.2 Å². The van der Waals surface area contributed by atoms with Gasteiger partial charge in [0.05, 0.1) is 0 Å². The van der Waals surface area contributed by atoms with Gasteiger partial charge in [-0.05, 0) is 36.2 Å². The molecule has 0 bridgehead atoms. The summed E-state index contributed by atoms with van der Waals surface area (Å²) in [4.78, 5) is 0. The number of benzene rings is 2. The van der Waals surface area contributed by atoms with Crippen molar-refractivity contribution in [2.45, 2.75) is 39.9 Å². The van der Waals surface area contributed by atoms with Gasteiger partial charge in [-0.15, -0.1) is 0 Å². The standard InChI is InChI=1S/C20H22Cl2N2/c1-13(2)23-11-18-14(3)24(20-7-5-4-6-17(18)20)12-15-8-9-16(21)10-19(15)22/h4-10,13,23H,11-12H2,1-3H3. The van der Waals surface area contributed by atoms with Crippen LogP contribution in [0.4, 0.5) is 0 Å². The second-order valence-electron chi connectivity index (χ2n) is 6.44. The maximum absolute atomic E-state index is 6.38. The third kappa shape index (κ3) is 3.46. The number of aromatic nitrogens is 1. The van der Waals surface area contributed by atoms with Crippen molar-refractivity contribution in [2.24, 2.45) is 0 Å². The summed E-state index contributed by atoms with van der Waals surface area (Å²) in [6, 6.07) is 14.7. The molecule has 3 aromatic rings. The molecule has 2 aromatic carbocycles. The van der Waals surface area contributed by atoms with Gasteiger partial charge in [-0.25, -0.2) is 0 Å². The van der Waals surface area contributed by atoms with E-state index < -0.39 is 0 Å². The molecule has 0 aliphatic rings.